The van der Waals surface area contributed by atoms with E-state index in [-0.39, 0.29) is 11.9 Å². The summed E-state index contributed by atoms with van der Waals surface area (Å²) in [5.41, 5.74) is 10.7. The molecular weight excluding hydrogens is 249 g/mol. The molecule has 2 heteroatoms. The van der Waals surface area contributed by atoms with E-state index in [9.17, 15) is 4.39 Å². The van der Waals surface area contributed by atoms with Crippen LogP contribution in [-0.4, -0.2) is 0 Å². The lowest BCUT2D eigenvalue weighted by Crippen LogP contribution is -2.14. The molecule has 2 aromatic rings. The summed E-state index contributed by atoms with van der Waals surface area (Å²) in [6, 6.07) is 13.2. The van der Waals surface area contributed by atoms with E-state index < -0.39 is 0 Å². The van der Waals surface area contributed by atoms with E-state index in [0.717, 1.165) is 16.7 Å². The zero-order chi connectivity index (χ0) is 14.7. The van der Waals surface area contributed by atoms with E-state index in [2.05, 4.69) is 38.1 Å². The van der Waals surface area contributed by atoms with Crippen LogP contribution in [0.5, 0.6) is 0 Å². The third-order valence-corrected chi connectivity index (χ3v) is 3.78. The Hall–Kier alpha value is -1.67. The molecule has 0 aromatic heterocycles. The summed E-state index contributed by atoms with van der Waals surface area (Å²) < 4.78 is 13.3. The lowest BCUT2D eigenvalue weighted by Gasteiger charge is -2.15. The van der Waals surface area contributed by atoms with Gasteiger partial charge in [-0.25, -0.2) is 4.39 Å². The number of halogens is 1. The highest BCUT2D eigenvalue weighted by Crippen LogP contribution is 2.22. The van der Waals surface area contributed by atoms with E-state index in [1.807, 2.05) is 6.92 Å². The Kier molecular flexibility index (Phi) is 4.56. The molecule has 2 rings (SSSR count). The molecule has 106 valence electrons. The van der Waals surface area contributed by atoms with Crippen molar-refractivity contribution in [3.05, 3.63) is 70.5 Å². The number of rotatable bonds is 4. The van der Waals surface area contributed by atoms with E-state index in [4.69, 9.17) is 5.73 Å². The molecule has 0 saturated carbocycles. The highest BCUT2D eigenvalue weighted by Gasteiger charge is 2.10. The zero-order valence-corrected chi connectivity index (χ0v) is 12.4. The molecule has 0 amide bonds. The fourth-order valence-electron chi connectivity index (χ4n) is 2.34. The molecule has 2 aromatic carbocycles. The first-order valence-electron chi connectivity index (χ1n) is 7.08. The smallest absolute Gasteiger partial charge is 0.123 e. The molecule has 0 fully saturated rings. The molecule has 0 heterocycles. The minimum absolute atomic E-state index is 0.100. The maximum absolute atomic E-state index is 13.3. The lowest BCUT2D eigenvalue weighted by molar-refractivity contribution is 0.621. The summed E-state index contributed by atoms with van der Waals surface area (Å²) >= 11 is 0. The van der Waals surface area contributed by atoms with Gasteiger partial charge in [0.25, 0.3) is 0 Å². The Morgan fingerprint density at radius 2 is 1.60 bits per heavy atom. The van der Waals surface area contributed by atoms with Gasteiger partial charge in [-0.2, -0.15) is 0 Å². The maximum atomic E-state index is 13.3. The molecule has 2 N–H and O–H groups in total. The van der Waals surface area contributed by atoms with Crippen LogP contribution in [-0.2, 0) is 6.42 Å². The zero-order valence-electron chi connectivity index (χ0n) is 12.4. The second-order valence-corrected chi connectivity index (χ2v) is 5.70. The molecule has 0 bridgehead atoms. The molecule has 0 saturated heterocycles. The number of hydrogen-bond acceptors (Lipinski definition) is 1. The van der Waals surface area contributed by atoms with Crippen LogP contribution >= 0.6 is 0 Å². The summed E-state index contributed by atoms with van der Waals surface area (Å²) in [7, 11) is 0. The van der Waals surface area contributed by atoms with Gasteiger partial charge in [-0.1, -0.05) is 44.2 Å². The Morgan fingerprint density at radius 1 is 1.00 bits per heavy atom. The predicted octanol–water partition coefficient (Wildman–Crippen LogP) is 4.50. The van der Waals surface area contributed by atoms with Crippen LogP contribution in [0.4, 0.5) is 4.39 Å². The van der Waals surface area contributed by atoms with Crippen molar-refractivity contribution < 1.29 is 4.39 Å². The SMILES string of the molecule is Cc1ccc(F)cc1CC(N)c1ccc(C(C)C)cc1. The van der Waals surface area contributed by atoms with Gasteiger partial charge in [0.2, 0.25) is 0 Å². The summed E-state index contributed by atoms with van der Waals surface area (Å²) in [4.78, 5) is 0. The molecule has 0 radical (unpaired) electrons. The lowest BCUT2D eigenvalue weighted by atomic mass is 9.94. The van der Waals surface area contributed by atoms with Crippen LogP contribution in [0.3, 0.4) is 0 Å². The van der Waals surface area contributed by atoms with Gasteiger partial charge in [0.1, 0.15) is 5.82 Å². The fraction of sp³-hybridized carbons (Fsp3) is 0.333. The highest BCUT2D eigenvalue weighted by atomic mass is 19.1. The summed E-state index contributed by atoms with van der Waals surface area (Å²) in [6.45, 7) is 6.33. The van der Waals surface area contributed by atoms with Gasteiger partial charge in [0.05, 0.1) is 0 Å². The summed E-state index contributed by atoms with van der Waals surface area (Å²) in [6.07, 6.45) is 0.657. The summed E-state index contributed by atoms with van der Waals surface area (Å²) in [5.74, 6) is 0.318. The van der Waals surface area contributed by atoms with Crippen molar-refractivity contribution in [2.45, 2.75) is 39.2 Å². The van der Waals surface area contributed by atoms with Gasteiger partial charge in [0.15, 0.2) is 0 Å². The average molecular weight is 271 g/mol. The van der Waals surface area contributed by atoms with Crippen molar-refractivity contribution in [2.24, 2.45) is 5.73 Å². The van der Waals surface area contributed by atoms with Gasteiger partial charge in [-0.3, -0.25) is 0 Å². The van der Waals surface area contributed by atoms with Gasteiger partial charge in [0, 0.05) is 6.04 Å². The molecule has 20 heavy (non-hydrogen) atoms. The van der Waals surface area contributed by atoms with Crippen molar-refractivity contribution in [1.82, 2.24) is 0 Å². The second-order valence-electron chi connectivity index (χ2n) is 5.70. The third kappa shape index (κ3) is 3.45. The minimum Gasteiger partial charge on any atom is -0.324 e. The first kappa shape index (κ1) is 14.7. The topological polar surface area (TPSA) is 26.0 Å². The van der Waals surface area contributed by atoms with Crippen molar-refractivity contribution in [2.75, 3.05) is 0 Å². The van der Waals surface area contributed by atoms with E-state index in [1.165, 1.54) is 11.6 Å². The molecule has 1 unspecified atom stereocenters. The van der Waals surface area contributed by atoms with E-state index >= 15 is 0 Å². The largest absolute Gasteiger partial charge is 0.324 e. The monoisotopic (exact) mass is 271 g/mol. The van der Waals surface area contributed by atoms with E-state index in [0.29, 0.717) is 12.3 Å². The Bertz CT molecular complexity index is 572. The van der Waals surface area contributed by atoms with Gasteiger partial charge in [-0.15, -0.1) is 0 Å². The van der Waals surface area contributed by atoms with Crippen molar-refractivity contribution in [3.8, 4) is 0 Å². The Morgan fingerprint density at radius 3 is 2.20 bits per heavy atom. The van der Waals surface area contributed by atoms with Crippen LogP contribution < -0.4 is 5.73 Å². The molecule has 0 spiro atoms. The quantitative estimate of drug-likeness (QED) is 0.870. The van der Waals surface area contributed by atoms with Gasteiger partial charge in [-0.05, 0) is 53.6 Å². The van der Waals surface area contributed by atoms with Crippen LogP contribution in [0.2, 0.25) is 0 Å². The van der Waals surface area contributed by atoms with Crippen LogP contribution in [0.15, 0.2) is 42.5 Å². The fourth-order valence-corrected chi connectivity index (χ4v) is 2.34. The number of hydrogen-bond donors (Lipinski definition) is 1. The summed E-state index contributed by atoms with van der Waals surface area (Å²) in [5, 5.41) is 0. The van der Waals surface area contributed by atoms with Gasteiger partial charge >= 0.3 is 0 Å². The average Bonchev–Trinajstić information content (AvgIpc) is 2.43. The van der Waals surface area contributed by atoms with Crippen molar-refractivity contribution in [1.29, 1.82) is 0 Å². The van der Waals surface area contributed by atoms with E-state index in [1.54, 1.807) is 12.1 Å². The minimum atomic E-state index is -0.201. The molecule has 0 aliphatic rings. The second kappa shape index (κ2) is 6.19. The molecule has 0 aliphatic carbocycles. The van der Waals surface area contributed by atoms with Crippen LogP contribution in [0.25, 0.3) is 0 Å². The first-order valence-corrected chi connectivity index (χ1v) is 7.08. The Labute approximate surface area is 120 Å². The predicted molar refractivity (Wildman–Crippen MR) is 82.3 cm³/mol. The van der Waals surface area contributed by atoms with Crippen molar-refractivity contribution >= 4 is 0 Å². The molecule has 0 aliphatic heterocycles. The molecule has 1 nitrogen and oxygen atoms in total. The highest BCUT2D eigenvalue weighted by molar-refractivity contribution is 5.31. The van der Waals surface area contributed by atoms with Crippen LogP contribution in [0.1, 0.15) is 48.1 Å². The maximum Gasteiger partial charge on any atom is 0.123 e. The van der Waals surface area contributed by atoms with Crippen molar-refractivity contribution in [3.63, 3.8) is 0 Å². The Balaban J connectivity index is 2.15. The molecule has 1 atom stereocenters. The number of aryl methyl sites for hydroxylation is 1. The normalized spacial score (nSPS) is 12.7. The van der Waals surface area contributed by atoms with Crippen LogP contribution in [0, 0.1) is 12.7 Å². The first-order chi connectivity index (χ1) is 9.47. The number of nitrogens with two attached hydrogens (primary N) is 1. The standard InChI is InChI=1S/C18H22FN/c1-12(2)14-5-7-15(8-6-14)18(20)11-16-10-17(19)9-4-13(16)3/h4-10,12,18H,11,20H2,1-3H3. The third-order valence-electron chi connectivity index (χ3n) is 3.78. The molecular formula is C18H22FN. The van der Waals surface area contributed by atoms with Gasteiger partial charge < -0.3 is 5.73 Å². The number of benzene rings is 2.